The van der Waals surface area contributed by atoms with E-state index in [1.807, 2.05) is 0 Å². The SMILES string of the molecule is CCCCC(CCCC)SSCCCCCCOC(=O)CCC(C)(C)C. The zero-order chi connectivity index (χ0) is 19.7. The van der Waals surface area contributed by atoms with Crippen molar-refractivity contribution in [2.75, 3.05) is 12.4 Å². The van der Waals surface area contributed by atoms with E-state index in [2.05, 4.69) is 56.2 Å². The molecule has 0 aromatic carbocycles. The number of esters is 1. The molecule has 0 spiro atoms. The van der Waals surface area contributed by atoms with Crippen LogP contribution in [-0.4, -0.2) is 23.6 Å². The molecule has 0 fully saturated rings. The lowest BCUT2D eigenvalue weighted by Gasteiger charge is -2.16. The van der Waals surface area contributed by atoms with Crippen molar-refractivity contribution in [2.45, 2.75) is 117 Å². The summed E-state index contributed by atoms with van der Waals surface area (Å²) in [5.74, 6) is 1.22. The van der Waals surface area contributed by atoms with E-state index in [1.54, 1.807) is 0 Å². The van der Waals surface area contributed by atoms with Crippen LogP contribution in [0.1, 0.15) is 112 Å². The van der Waals surface area contributed by atoms with E-state index < -0.39 is 0 Å². The Morgan fingerprint density at radius 2 is 1.54 bits per heavy atom. The molecule has 26 heavy (non-hydrogen) atoms. The Balaban J connectivity index is 3.49. The fourth-order valence-corrected chi connectivity index (χ4v) is 5.53. The third-order valence-electron chi connectivity index (χ3n) is 4.43. The minimum atomic E-state index is -0.0305. The molecule has 0 rings (SSSR count). The van der Waals surface area contributed by atoms with Crippen LogP contribution in [0.25, 0.3) is 0 Å². The van der Waals surface area contributed by atoms with Gasteiger partial charge in [0.25, 0.3) is 0 Å². The molecule has 0 saturated carbocycles. The standard InChI is InChI=1S/C22H44O2S2/c1-6-8-14-20(15-9-7-2)26-25-19-13-11-10-12-18-24-21(23)16-17-22(3,4)5/h20H,6-19H2,1-5H3. The average Bonchev–Trinajstić information content (AvgIpc) is 2.59. The lowest BCUT2D eigenvalue weighted by Crippen LogP contribution is -2.11. The van der Waals surface area contributed by atoms with E-state index in [4.69, 9.17) is 4.74 Å². The number of carbonyl (C=O) groups is 1. The Bertz CT molecular complexity index is 319. The molecule has 4 heteroatoms. The number of ether oxygens (including phenoxy) is 1. The van der Waals surface area contributed by atoms with Gasteiger partial charge < -0.3 is 4.74 Å². The number of rotatable bonds is 17. The largest absolute Gasteiger partial charge is 0.466 e. The highest BCUT2D eigenvalue weighted by atomic mass is 33.1. The second-order valence-corrected chi connectivity index (χ2v) is 11.3. The highest BCUT2D eigenvalue weighted by molar-refractivity contribution is 8.76. The molecule has 0 aliphatic heterocycles. The zero-order valence-electron chi connectivity index (χ0n) is 18.1. The van der Waals surface area contributed by atoms with Gasteiger partial charge in [0.1, 0.15) is 0 Å². The molecule has 0 unspecified atom stereocenters. The van der Waals surface area contributed by atoms with Crippen LogP contribution in [0.5, 0.6) is 0 Å². The van der Waals surface area contributed by atoms with Crippen molar-refractivity contribution in [2.24, 2.45) is 5.41 Å². The molecule has 156 valence electrons. The second-order valence-electron chi connectivity index (χ2n) is 8.52. The minimum absolute atomic E-state index is 0.0305. The van der Waals surface area contributed by atoms with Crippen LogP contribution in [0.4, 0.5) is 0 Å². The van der Waals surface area contributed by atoms with Crippen molar-refractivity contribution in [1.29, 1.82) is 0 Å². The Hall–Kier alpha value is 0.170. The maximum Gasteiger partial charge on any atom is 0.305 e. The molecule has 0 heterocycles. The highest BCUT2D eigenvalue weighted by Gasteiger charge is 2.13. The van der Waals surface area contributed by atoms with E-state index >= 15 is 0 Å². The maximum atomic E-state index is 11.6. The molecule has 0 atom stereocenters. The third-order valence-corrected chi connectivity index (χ3v) is 7.49. The smallest absolute Gasteiger partial charge is 0.305 e. The normalized spacial score (nSPS) is 11.9. The van der Waals surface area contributed by atoms with Crippen molar-refractivity contribution in [3.05, 3.63) is 0 Å². The molecule has 0 N–H and O–H groups in total. The van der Waals surface area contributed by atoms with Crippen LogP contribution in [0.3, 0.4) is 0 Å². The average molecular weight is 405 g/mol. The van der Waals surface area contributed by atoms with Gasteiger partial charge in [0.2, 0.25) is 0 Å². The van der Waals surface area contributed by atoms with Crippen molar-refractivity contribution in [3.63, 3.8) is 0 Å². The number of hydrogen-bond donors (Lipinski definition) is 0. The van der Waals surface area contributed by atoms with Gasteiger partial charge >= 0.3 is 5.97 Å². The van der Waals surface area contributed by atoms with Gasteiger partial charge in [0.15, 0.2) is 0 Å². The Kier molecular flexibility index (Phi) is 17.4. The lowest BCUT2D eigenvalue weighted by atomic mass is 9.91. The molecule has 0 amide bonds. The van der Waals surface area contributed by atoms with Crippen molar-refractivity contribution in [1.82, 2.24) is 0 Å². The van der Waals surface area contributed by atoms with Gasteiger partial charge in [-0.2, -0.15) is 0 Å². The predicted octanol–water partition coefficient (Wildman–Crippen LogP) is 8.05. The molecule has 0 aliphatic rings. The number of carbonyl (C=O) groups excluding carboxylic acids is 1. The van der Waals surface area contributed by atoms with Gasteiger partial charge in [0.05, 0.1) is 6.61 Å². The zero-order valence-corrected chi connectivity index (χ0v) is 19.7. The van der Waals surface area contributed by atoms with E-state index in [-0.39, 0.29) is 11.4 Å². The maximum absolute atomic E-state index is 11.6. The van der Waals surface area contributed by atoms with E-state index in [0.29, 0.717) is 13.0 Å². The van der Waals surface area contributed by atoms with Crippen molar-refractivity contribution >= 4 is 27.6 Å². The lowest BCUT2D eigenvalue weighted by molar-refractivity contribution is -0.144. The fraction of sp³-hybridized carbons (Fsp3) is 0.955. The first kappa shape index (κ1) is 26.2. The first-order valence-corrected chi connectivity index (χ1v) is 13.2. The van der Waals surface area contributed by atoms with E-state index in [0.717, 1.165) is 18.1 Å². The third kappa shape index (κ3) is 18.9. The first-order valence-electron chi connectivity index (χ1n) is 10.8. The number of hydrogen-bond acceptors (Lipinski definition) is 4. The summed E-state index contributed by atoms with van der Waals surface area (Å²) in [5, 5.41) is 0.854. The van der Waals surface area contributed by atoms with E-state index in [1.165, 1.54) is 63.5 Å². The monoisotopic (exact) mass is 404 g/mol. The van der Waals surface area contributed by atoms with Crippen LogP contribution in [0, 0.1) is 5.41 Å². The molecule has 0 aliphatic carbocycles. The van der Waals surface area contributed by atoms with Crippen LogP contribution in [0.15, 0.2) is 0 Å². The van der Waals surface area contributed by atoms with E-state index in [9.17, 15) is 4.79 Å². The fourth-order valence-electron chi connectivity index (χ4n) is 2.60. The highest BCUT2D eigenvalue weighted by Crippen LogP contribution is 2.33. The second kappa shape index (κ2) is 17.3. The van der Waals surface area contributed by atoms with Gasteiger partial charge in [-0.25, -0.2) is 0 Å². The van der Waals surface area contributed by atoms with Crippen molar-refractivity contribution < 1.29 is 9.53 Å². The van der Waals surface area contributed by atoms with Crippen molar-refractivity contribution in [3.8, 4) is 0 Å². The summed E-state index contributed by atoms with van der Waals surface area (Å²) < 4.78 is 5.32. The summed E-state index contributed by atoms with van der Waals surface area (Å²) in [5.41, 5.74) is 0.209. The Morgan fingerprint density at radius 1 is 0.923 bits per heavy atom. The molecular formula is C22H44O2S2. The molecule has 0 radical (unpaired) electrons. The molecule has 0 saturated heterocycles. The Labute approximate surface area is 171 Å². The first-order chi connectivity index (χ1) is 12.4. The van der Waals surface area contributed by atoms with Gasteiger partial charge in [-0.3, -0.25) is 4.79 Å². The topological polar surface area (TPSA) is 26.3 Å². The number of unbranched alkanes of at least 4 members (excludes halogenated alkanes) is 5. The van der Waals surface area contributed by atoms with Gasteiger partial charge in [-0.15, -0.1) is 0 Å². The molecule has 2 nitrogen and oxygen atoms in total. The van der Waals surface area contributed by atoms with Crippen LogP contribution in [-0.2, 0) is 9.53 Å². The summed E-state index contributed by atoms with van der Waals surface area (Å²) >= 11 is 0. The summed E-state index contributed by atoms with van der Waals surface area (Å²) in [6.45, 7) is 11.7. The van der Waals surface area contributed by atoms with Gasteiger partial charge in [-0.05, 0) is 37.5 Å². The minimum Gasteiger partial charge on any atom is -0.466 e. The summed E-state index contributed by atoms with van der Waals surface area (Å²) in [7, 11) is 4.20. The molecular weight excluding hydrogens is 360 g/mol. The summed E-state index contributed by atoms with van der Waals surface area (Å²) in [4.78, 5) is 11.6. The van der Waals surface area contributed by atoms with Crippen LogP contribution in [0.2, 0.25) is 0 Å². The van der Waals surface area contributed by atoms with Crippen LogP contribution >= 0.6 is 21.6 Å². The summed E-state index contributed by atoms with van der Waals surface area (Å²) in [6, 6.07) is 0. The van der Waals surface area contributed by atoms with Gasteiger partial charge in [-0.1, -0.05) is 94.7 Å². The summed E-state index contributed by atoms with van der Waals surface area (Å²) in [6.07, 6.45) is 14.3. The molecule has 0 aromatic rings. The van der Waals surface area contributed by atoms with Crippen LogP contribution < -0.4 is 0 Å². The van der Waals surface area contributed by atoms with Gasteiger partial charge in [0, 0.05) is 17.4 Å². The Morgan fingerprint density at radius 3 is 2.12 bits per heavy atom. The quantitative estimate of drug-likeness (QED) is 0.139. The molecule has 0 bridgehead atoms. The predicted molar refractivity (Wildman–Crippen MR) is 121 cm³/mol. The molecule has 0 aromatic heterocycles.